The molecule has 0 radical (unpaired) electrons. The van der Waals surface area contributed by atoms with Crippen molar-refractivity contribution in [3.8, 4) is 5.75 Å². The summed E-state index contributed by atoms with van der Waals surface area (Å²) >= 11 is 0. The highest BCUT2D eigenvalue weighted by Gasteiger charge is 2.47. The second-order valence-corrected chi connectivity index (χ2v) is 8.25. The van der Waals surface area contributed by atoms with Crippen LogP contribution in [0.1, 0.15) is 89.5 Å². The molecule has 0 saturated heterocycles. The van der Waals surface area contributed by atoms with Crippen LogP contribution in [0.15, 0.2) is 6.07 Å². The Balaban J connectivity index is 2.81. The lowest BCUT2D eigenvalue weighted by atomic mass is 9.68. The molecule has 112 valence electrons. The highest BCUT2D eigenvalue weighted by atomic mass is 16.3. The van der Waals surface area contributed by atoms with Crippen LogP contribution in [0, 0.1) is 5.41 Å². The standard InChI is InChI=1S/C19H30O/c1-11(2)13-9-15-14(16(12(3)4)17(13)20)10-18(5,6)19(15,7)8/h9,11-12,20H,10H2,1-8H3. The quantitative estimate of drug-likeness (QED) is 0.755. The van der Waals surface area contributed by atoms with E-state index in [4.69, 9.17) is 0 Å². The Morgan fingerprint density at radius 2 is 1.55 bits per heavy atom. The third kappa shape index (κ3) is 1.98. The van der Waals surface area contributed by atoms with Gasteiger partial charge in [0.05, 0.1) is 0 Å². The van der Waals surface area contributed by atoms with E-state index in [-0.39, 0.29) is 10.8 Å². The predicted molar refractivity (Wildman–Crippen MR) is 86.8 cm³/mol. The number of aromatic hydroxyl groups is 1. The van der Waals surface area contributed by atoms with E-state index in [9.17, 15) is 5.11 Å². The molecule has 1 aromatic carbocycles. The predicted octanol–water partition coefficient (Wildman–Crippen LogP) is 5.50. The van der Waals surface area contributed by atoms with Gasteiger partial charge in [-0.3, -0.25) is 0 Å². The highest BCUT2D eigenvalue weighted by molar-refractivity contribution is 5.57. The molecule has 1 nitrogen and oxygen atoms in total. The van der Waals surface area contributed by atoms with Crippen molar-refractivity contribution in [3.63, 3.8) is 0 Å². The van der Waals surface area contributed by atoms with Crippen LogP contribution < -0.4 is 0 Å². The molecule has 0 atom stereocenters. The fraction of sp³-hybridized carbons (Fsp3) is 0.684. The van der Waals surface area contributed by atoms with Crippen LogP contribution in [0.25, 0.3) is 0 Å². The Labute approximate surface area is 124 Å². The van der Waals surface area contributed by atoms with Crippen molar-refractivity contribution in [2.75, 3.05) is 0 Å². The summed E-state index contributed by atoms with van der Waals surface area (Å²) in [5.41, 5.74) is 5.54. The Hall–Kier alpha value is -0.980. The zero-order valence-corrected chi connectivity index (χ0v) is 14.4. The molecule has 1 aromatic rings. The Morgan fingerprint density at radius 1 is 1.00 bits per heavy atom. The average Bonchev–Trinajstić information content (AvgIpc) is 2.43. The average molecular weight is 274 g/mol. The minimum Gasteiger partial charge on any atom is -0.507 e. The lowest BCUT2D eigenvalue weighted by Crippen LogP contribution is -2.32. The van der Waals surface area contributed by atoms with Crippen molar-refractivity contribution in [2.24, 2.45) is 5.41 Å². The van der Waals surface area contributed by atoms with Crippen molar-refractivity contribution in [2.45, 2.75) is 79.1 Å². The van der Waals surface area contributed by atoms with Gasteiger partial charge in [0.15, 0.2) is 0 Å². The van der Waals surface area contributed by atoms with Crippen molar-refractivity contribution in [1.29, 1.82) is 0 Å². The van der Waals surface area contributed by atoms with Crippen molar-refractivity contribution in [1.82, 2.24) is 0 Å². The molecule has 0 fully saturated rings. The van der Waals surface area contributed by atoms with Crippen LogP contribution in [-0.4, -0.2) is 5.11 Å². The molecule has 0 heterocycles. The van der Waals surface area contributed by atoms with Gasteiger partial charge >= 0.3 is 0 Å². The van der Waals surface area contributed by atoms with Gasteiger partial charge in [-0.25, -0.2) is 0 Å². The molecule has 20 heavy (non-hydrogen) atoms. The molecule has 0 bridgehead atoms. The summed E-state index contributed by atoms with van der Waals surface area (Å²) in [4.78, 5) is 0. The van der Waals surface area contributed by atoms with E-state index in [0.717, 1.165) is 12.0 Å². The van der Waals surface area contributed by atoms with Crippen molar-refractivity contribution >= 4 is 0 Å². The number of benzene rings is 1. The zero-order valence-electron chi connectivity index (χ0n) is 14.4. The summed E-state index contributed by atoms with van der Waals surface area (Å²) in [5, 5.41) is 10.7. The largest absolute Gasteiger partial charge is 0.507 e. The lowest BCUT2D eigenvalue weighted by Gasteiger charge is -2.36. The maximum absolute atomic E-state index is 10.7. The normalized spacial score (nSPS) is 19.7. The maximum atomic E-state index is 10.7. The molecule has 0 unspecified atom stereocenters. The number of fused-ring (bicyclic) bond motifs is 1. The van der Waals surface area contributed by atoms with Gasteiger partial charge in [-0.1, -0.05) is 61.5 Å². The minimum atomic E-state index is 0.156. The zero-order chi connectivity index (χ0) is 15.5. The van der Waals surface area contributed by atoms with Crippen LogP contribution in [0.3, 0.4) is 0 Å². The molecule has 1 aliphatic rings. The van der Waals surface area contributed by atoms with Gasteiger partial charge in [-0.2, -0.15) is 0 Å². The Bertz CT molecular complexity index is 533. The Morgan fingerprint density at radius 3 is 2.00 bits per heavy atom. The van der Waals surface area contributed by atoms with Gasteiger partial charge < -0.3 is 5.11 Å². The minimum absolute atomic E-state index is 0.156. The molecule has 0 spiro atoms. The molecular weight excluding hydrogens is 244 g/mol. The molecule has 0 aliphatic heterocycles. The number of hydrogen-bond acceptors (Lipinski definition) is 1. The first kappa shape index (κ1) is 15.4. The first-order valence-electron chi connectivity index (χ1n) is 7.89. The molecule has 0 amide bonds. The number of phenolic OH excluding ortho intramolecular Hbond substituents is 1. The maximum Gasteiger partial charge on any atom is 0.122 e. The topological polar surface area (TPSA) is 20.2 Å². The van der Waals surface area contributed by atoms with E-state index in [0.29, 0.717) is 17.6 Å². The van der Waals surface area contributed by atoms with E-state index in [2.05, 4.69) is 61.5 Å². The fourth-order valence-electron chi connectivity index (χ4n) is 3.59. The van der Waals surface area contributed by atoms with E-state index >= 15 is 0 Å². The molecule has 0 aromatic heterocycles. The molecule has 1 N–H and O–H groups in total. The number of rotatable bonds is 2. The van der Waals surface area contributed by atoms with Gasteiger partial charge in [-0.05, 0) is 45.8 Å². The van der Waals surface area contributed by atoms with Crippen LogP contribution >= 0.6 is 0 Å². The van der Waals surface area contributed by atoms with Gasteiger partial charge in [0.25, 0.3) is 0 Å². The van der Waals surface area contributed by atoms with E-state index in [1.807, 2.05) is 0 Å². The van der Waals surface area contributed by atoms with Crippen LogP contribution in [-0.2, 0) is 11.8 Å². The van der Waals surface area contributed by atoms with E-state index in [1.165, 1.54) is 16.7 Å². The van der Waals surface area contributed by atoms with Crippen molar-refractivity contribution < 1.29 is 5.11 Å². The monoisotopic (exact) mass is 274 g/mol. The summed E-state index contributed by atoms with van der Waals surface area (Å²) in [6.45, 7) is 18.1. The lowest BCUT2D eigenvalue weighted by molar-refractivity contribution is 0.225. The van der Waals surface area contributed by atoms with Crippen LogP contribution in [0.2, 0.25) is 0 Å². The third-order valence-corrected chi connectivity index (χ3v) is 5.66. The second-order valence-electron chi connectivity index (χ2n) is 8.25. The van der Waals surface area contributed by atoms with E-state index in [1.54, 1.807) is 0 Å². The molecule has 1 heteroatoms. The summed E-state index contributed by atoms with van der Waals surface area (Å²) in [7, 11) is 0. The molecule has 2 rings (SSSR count). The van der Waals surface area contributed by atoms with E-state index < -0.39 is 0 Å². The number of phenols is 1. The summed E-state index contributed by atoms with van der Waals surface area (Å²) in [6, 6.07) is 2.27. The molecule has 1 aliphatic carbocycles. The Kier molecular flexibility index (Phi) is 3.48. The van der Waals surface area contributed by atoms with Crippen molar-refractivity contribution in [3.05, 3.63) is 28.3 Å². The van der Waals surface area contributed by atoms with Gasteiger partial charge in [0.1, 0.15) is 5.75 Å². The van der Waals surface area contributed by atoms with Gasteiger partial charge in [-0.15, -0.1) is 0 Å². The van der Waals surface area contributed by atoms with Crippen LogP contribution in [0.4, 0.5) is 0 Å². The smallest absolute Gasteiger partial charge is 0.122 e. The van der Waals surface area contributed by atoms with Gasteiger partial charge in [0.2, 0.25) is 0 Å². The third-order valence-electron chi connectivity index (χ3n) is 5.66. The second kappa shape index (κ2) is 4.51. The first-order valence-corrected chi connectivity index (χ1v) is 7.89. The highest BCUT2D eigenvalue weighted by Crippen LogP contribution is 2.55. The fourth-order valence-corrected chi connectivity index (χ4v) is 3.59. The van der Waals surface area contributed by atoms with Crippen LogP contribution in [0.5, 0.6) is 5.75 Å². The number of hydrogen-bond donors (Lipinski definition) is 1. The van der Waals surface area contributed by atoms with Gasteiger partial charge in [0, 0.05) is 5.56 Å². The summed E-state index contributed by atoms with van der Waals surface area (Å²) in [5.74, 6) is 1.27. The molecular formula is C19H30O. The molecule has 0 saturated carbocycles. The SMILES string of the molecule is CC(C)c1cc2c(c(C(C)C)c1O)CC(C)(C)C2(C)C. The first-order chi connectivity index (χ1) is 9.00. The summed E-state index contributed by atoms with van der Waals surface area (Å²) < 4.78 is 0. The summed E-state index contributed by atoms with van der Waals surface area (Å²) in [6.07, 6.45) is 1.06.